The molecule has 0 spiro atoms. The maximum atomic E-state index is 12.7. The number of hydrogen-bond donors (Lipinski definition) is 3. The smallest absolute Gasteiger partial charge is 0.337 e. The highest BCUT2D eigenvalue weighted by molar-refractivity contribution is 6.23. The standard InChI is InChI=1S/C18H18N4O5/c1-8(2)20-11-5-4-9(18(26)27-3)6-12(11)22-13(23)7-10-14(15(22)19)17(25)21-16(10)24/h4-8,20H,19H2,1-3H3,(H,21,24,25). The van der Waals surface area contributed by atoms with E-state index in [0.717, 1.165) is 10.6 Å². The molecule has 3 rings (SSSR count). The normalized spacial score (nSPS) is 12.7. The second-order valence-electron chi connectivity index (χ2n) is 6.30. The SMILES string of the molecule is COC(=O)c1ccc(NC(C)C)c(-n2c(N)c3c(cc2=O)C(=O)NC3=O)c1. The van der Waals surface area contributed by atoms with Crippen molar-refractivity contribution in [3.63, 3.8) is 0 Å². The molecule has 27 heavy (non-hydrogen) atoms. The summed E-state index contributed by atoms with van der Waals surface area (Å²) in [5, 5.41) is 5.28. The van der Waals surface area contributed by atoms with E-state index in [1.165, 1.54) is 13.2 Å². The van der Waals surface area contributed by atoms with Gasteiger partial charge in [-0.15, -0.1) is 0 Å². The summed E-state index contributed by atoms with van der Waals surface area (Å²) in [5.74, 6) is -2.12. The van der Waals surface area contributed by atoms with Gasteiger partial charge in [-0.3, -0.25) is 24.3 Å². The van der Waals surface area contributed by atoms with E-state index in [2.05, 4.69) is 10.6 Å². The van der Waals surface area contributed by atoms with Crippen molar-refractivity contribution in [3.8, 4) is 5.69 Å². The number of nitrogen functional groups attached to an aromatic ring is 1. The summed E-state index contributed by atoms with van der Waals surface area (Å²) in [4.78, 5) is 48.5. The van der Waals surface area contributed by atoms with Crippen LogP contribution in [0.4, 0.5) is 11.5 Å². The number of pyridine rings is 1. The minimum atomic E-state index is -0.677. The molecule has 9 nitrogen and oxygen atoms in total. The average Bonchev–Trinajstić information content (AvgIpc) is 2.88. The number of methoxy groups -OCH3 is 1. The van der Waals surface area contributed by atoms with E-state index in [1.54, 1.807) is 12.1 Å². The van der Waals surface area contributed by atoms with Crippen molar-refractivity contribution in [1.82, 2.24) is 9.88 Å². The number of benzene rings is 1. The van der Waals surface area contributed by atoms with Crippen molar-refractivity contribution < 1.29 is 19.1 Å². The number of carbonyl (C=O) groups excluding carboxylic acids is 3. The lowest BCUT2D eigenvalue weighted by molar-refractivity contribution is 0.0600. The van der Waals surface area contributed by atoms with Gasteiger partial charge in [0.15, 0.2) is 0 Å². The molecule has 1 aromatic carbocycles. The molecule has 0 aliphatic carbocycles. The number of fused-ring (bicyclic) bond motifs is 1. The van der Waals surface area contributed by atoms with Crippen LogP contribution in [0, 0.1) is 0 Å². The van der Waals surface area contributed by atoms with Crippen molar-refractivity contribution in [2.24, 2.45) is 0 Å². The summed E-state index contributed by atoms with van der Waals surface area (Å²) in [6.45, 7) is 3.80. The molecular weight excluding hydrogens is 352 g/mol. The van der Waals surface area contributed by atoms with Gasteiger partial charge in [-0.25, -0.2) is 4.79 Å². The first kappa shape index (κ1) is 18.2. The number of nitrogens with two attached hydrogens (primary N) is 1. The van der Waals surface area contributed by atoms with Crippen molar-refractivity contribution in [2.45, 2.75) is 19.9 Å². The number of amides is 2. The molecule has 2 heterocycles. The molecule has 0 saturated carbocycles. The van der Waals surface area contributed by atoms with E-state index in [4.69, 9.17) is 10.5 Å². The van der Waals surface area contributed by atoms with E-state index in [9.17, 15) is 19.2 Å². The van der Waals surface area contributed by atoms with Crippen LogP contribution in [0.2, 0.25) is 0 Å². The zero-order valence-corrected chi connectivity index (χ0v) is 15.0. The monoisotopic (exact) mass is 370 g/mol. The molecule has 0 bridgehead atoms. The summed E-state index contributed by atoms with van der Waals surface area (Å²) in [5.41, 5.74) is 6.33. The first-order valence-corrected chi connectivity index (χ1v) is 8.15. The fraction of sp³-hybridized carbons (Fsp3) is 0.222. The molecule has 0 unspecified atom stereocenters. The van der Waals surface area contributed by atoms with Crippen LogP contribution >= 0.6 is 0 Å². The number of carbonyl (C=O) groups is 3. The van der Waals surface area contributed by atoms with E-state index in [-0.39, 0.29) is 34.2 Å². The first-order valence-electron chi connectivity index (χ1n) is 8.15. The van der Waals surface area contributed by atoms with Gasteiger partial charge in [0.05, 0.1) is 35.2 Å². The summed E-state index contributed by atoms with van der Waals surface area (Å²) in [6.07, 6.45) is 0. The van der Waals surface area contributed by atoms with Crippen LogP contribution in [0.1, 0.15) is 44.9 Å². The zero-order valence-electron chi connectivity index (χ0n) is 15.0. The second-order valence-corrected chi connectivity index (χ2v) is 6.30. The van der Waals surface area contributed by atoms with Gasteiger partial charge in [0, 0.05) is 12.1 Å². The second kappa shape index (κ2) is 6.60. The van der Waals surface area contributed by atoms with Gasteiger partial charge in [0.1, 0.15) is 5.82 Å². The van der Waals surface area contributed by atoms with Gasteiger partial charge in [-0.2, -0.15) is 0 Å². The molecule has 2 aromatic rings. The molecule has 2 amide bonds. The lowest BCUT2D eigenvalue weighted by Gasteiger charge is -2.19. The molecule has 0 fully saturated rings. The molecule has 140 valence electrons. The number of nitrogens with one attached hydrogen (secondary N) is 2. The molecule has 4 N–H and O–H groups in total. The number of imide groups is 1. The van der Waals surface area contributed by atoms with Crippen LogP contribution in [0.5, 0.6) is 0 Å². The van der Waals surface area contributed by atoms with Crippen LogP contribution in [0.25, 0.3) is 5.69 Å². The first-order chi connectivity index (χ1) is 12.7. The molecule has 1 aromatic heterocycles. The van der Waals surface area contributed by atoms with Gasteiger partial charge < -0.3 is 15.8 Å². The van der Waals surface area contributed by atoms with Crippen LogP contribution in [-0.2, 0) is 4.74 Å². The van der Waals surface area contributed by atoms with Gasteiger partial charge in [-0.05, 0) is 32.0 Å². The number of rotatable bonds is 4. The number of hydrogen-bond acceptors (Lipinski definition) is 7. The van der Waals surface area contributed by atoms with E-state index in [1.807, 2.05) is 13.8 Å². The molecule has 0 saturated heterocycles. The van der Waals surface area contributed by atoms with Crippen molar-refractivity contribution in [2.75, 3.05) is 18.2 Å². The number of aromatic nitrogens is 1. The third kappa shape index (κ3) is 3.03. The Bertz CT molecular complexity index is 1040. The predicted octanol–water partition coefficient (Wildman–Crippen LogP) is 0.910. The summed E-state index contributed by atoms with van der Waals surface area (Å²) >= 11 is 0. The fourth-order valence-corrected chi connectivity index (χ4v) is 2.92. The minimum absolute atomic E-state index is 0.0176. The Kier molecular flexibility index (Phi) is 4.44. The Morgan fingerprint density at radius 1 is 1.19 bits per heavy atom. The van der Waals surface area contributed by atoms with E-state index in [0.29, 0.717) is 5.69 Å². The van der Waals surface area contributed by atoms with Crippen LogP contribution in [0.15, 0.2) is 29.1 Å². The Labute approximate surface area is 154 Å². The van der Waals surface area contributed by atoms with Gasteiger partial charge >= 0.3 is 5.97 Å². The third-order valence-corrected chi connectivity index (χ3v) is 4.06. The van der Waals surface area contributed by atoms with E-state index < -0.39 is 23.3 Å². The number of anilines is 2. The Morgan fingerprint density at radius 3 is 2.52 bits per heavy atom. The fourth-order valence-electron chi connectivity index (χ4n) is 2.92. The largest absolute Gasteiger partial charge is 0.465 e. The van der Waals surface area contributed by atoms with Crippen molar-refractivity contribution in [1.29, 1.82) is 0 Å². The molecule has 1 aliphatic heterocycles. The molecule has 0 radical (unpaired) electrons. The van der Waals surface area contributed by atoms with Crippen molar-refractivity contribution in [3.05, 3.63) is 51.3 Å². The van der Waals surface area contributed by atoms with Crippen LogP contribution in [0.3, 0.4) is 0 Å². The van der Waals surface area contributed by atoms with Crippen molar-refractivity contribution >= 4 is 29.3 Å². The van der Waals surface area contributed by atoms with Crippen LogP contribution < -0.4 is 21.9 Å². The summed E-state index contributed by atoms with van der Waals surface area (Å²) in [7, 11) is 1.24. The molecule has 0 atom stereocenters. The van der Waals surface area contributed by atoms with Gasteiger partial charge in [0.2, 0.25) is 0 Å². The number of nitrogens with zero attached hydrogens (tertiary/aromatic N) is 1. The Hall–Kier alpha value is -3.62. The maximum Gasteiger partial charge on any atom is 0.337 e. The maximum absolute atomic E-state index is 12.7. The number of esters is 1. The summed E-state index contributed by atoms with van der Waals surface area (Å²) < 4.78 is 5.82. The highest BCUT2D eigenvalue weighted by atomic mass is 16.5. The Morgan fingerprint density at radius 2 is 1.89 bits per heavy atom. The number of ether oxygens (including phenoxy) is 1. The molecule has 9 heteroatoms. The minimum Gasteiger partial charge on any atom is -0.465 e. The van der Waals surface area contributed by atoms with Gasteiger partial charge in [-0.1, -0.05) is 0 Å². The van der Waals surface area contributed by atoms with Crippen LogP contribution in [-0.4, -0.2) is 35.5 Å². The highest BCUT2D eigenvalue weighted by Gasteiger charge is 2.32. The quantitative estimate of drug-likeness (QED) is 0.538. The summed E-state index contributed by atoms with van der Waals surface area (Å²) in [6, 6.07) is 5.67. The van der Waals surface area contributed by atoms with E-state index >= 15 is 0 Å². The van der Waals surface area contributed by atoms with Gasteiger partial charge in [0.25, 0.3) is 17.4 Å². The predicted molar refractivity (Wildman–Crippen MR) is 98.3 cm³/mol. The zero-order chi connectivity index (χ0) is 19.9. The third-order valence-electron chi connectivity index (χ3n) is 4.06. The molecule has 1 aliphatic rings. The Balaban J connectivity index is 2.31. The highest BCUT2D eigenvalue weighted by Crippen LogP contribution is 2.28. The lowest BCUT2D eigenvalue weighted by atomic mass is 10.1. The average molecular weight is 370 g/mol. The lowest BCUT2D eigenvalue weighted by Crippen LogP contribution is -2.26. The topological polar surface area (TPSA) is 133 Å². The molecular formula is C18H18N4O5.